The minimum Gasteiger partial charge on any atom is -0.494 e. The molecule has 4 heterocycles. The first-order valence-corrected chi connectivity index (χ1v) is 13.4. The highest BCUT2D eigenvalue weighted by atomic mass is 32.1. The Kier molecular flexibility index (Phi) is 7.29. The van der Waals surface area contributed by atoms with Crippen molar-refractivity contribution in [1.29, 1.82) is 0 Å². The van der Waals surface area contributed by atoms with Crippen LogP contribution in [0.4, 0.5) is 15.9 Å². The zero-order valence-electron chi connectivity index (χ0n) is 21.9. The summed E-state index contributed by atoms with van der Waals surface area (Å²) in [5.74, 6) is 0.425. The first kappa shape index (κ1) is 26.3. The van der Waals surface area contributed by atoms with Gasteiger partial charge in [-0.25, -0.2) is 19.7 Å². The SMILES string of the molecule is CCNC(=O)Nc1nc2cc(-c3cnc(N4CCC(C)(C(=O)O)CC4)nc3)cc(-c3ncccc3OC)c2s1. The highest BCUT2D eigenvalue weighted by Crippen LogP contribution is 2.41. The van der Waals surface area contributed by atoms with Gasteiger partial charge < -0.3 is 20.1 Å². The maximum absolute atomic E-state index is 12.1. The van der Waals surface area contributed by atoms with Crippen molar-refractivity contribution in [2.75, 3.05) is 37.0 Å². The van der Waals surface area contributed by atoms with Gasteiger partial charge in [0.05, 0.1) is 22.7 Å². The molecule has 4 aromatic rings. The van der Waals surface area contributed by atoms with Gasteiger partial charge in [0, 0.05) is 49.4 Å². The van der Waals surface area contributed by atoms with Crippen LogP contribution < -0.4 is 20.3 Å². The van der Waals surface area contributed by atoms with Crippen LogP contribution in [-0.4, -0.2) is 63.8 Å². The predicted molar refractivity (Wildman–Crippen MR) is 150 cm³/mol. The third-order valence-electron chi connectivity index (χ3n) is 6.93. The van der Waals surface area contributed by atoms with E-state index in [0.717, 1.165) is 21.4 Å². The van der Waals surface area contributed by atoms with Crippen LogP contribution in [-0.2, 0) is 4.79 Å². The minimum absolute atomic E-state index is 0.320. The number of carboxylic acids is 1. The lowest BCUT2D eigenvalue weighted by atomic mass is 9.80. The number of methoxy groups -OCH3 is 1. The molecule has 0 spiro atoms. The molecule has 0 radical (unpaired) electrons. The highest BCUT2D eigenvalue weighted by molar-refractivity contribution is 7.22. The van der Waals surface area contributed by atoms with Crippen molar-refractivity contribution in [3.63, 3.8) is 0 Å². The molecule has 1 aliphatic rings. The molecule has 1 aliphatic heterocycles. The van der Waals surface area contributed by atoms with E-state index in [-0.39, 0.29) is 6.03 Å². The number of piperidine rings is 1. The number of carbonyl (C=O) groups excluding carboxylic acids is 1. The molecule has 3 N–H and O–H groups in total. The maximum atomic E-state index is 12.1. The number of fused-ring (bicyclic) bond motifs is 1. The number of urea groups is 1. The Morgan fingerprint density at radius 3 is 2.56 bits per heavy atom. The van der Waals surface area contributed by atoms with E-state index in [2.05, 4.69) is 30.6 Å². The number of rotatable bonds is 7. The summed E-state index contributed by atoms with van der Waals surface area (Å²) in [6, 6.07) is 7.27. The first-order chi connectivity index (χ1) is 18.8. The Balaban J connectivity index is 1.50. The summed E-state index contributed by atoms with van der Waals surface area (Å²) in [4.78, 5) is 44.2. The highest BCUT2D eigenvalue weighted by Gasteiger charge is 2.37. The fourth-order valence-corrected chi connectivity index (χ4v) is 5.49. The molecule has 1 fully saturated rings. The molecule has 3 aromatic heterocycles. The van der Waals surface area contributed by atoms with Crippen molar-refractivity contribution in [2.45, 2.75) is 26.7 Å². The second-order valence-corrected chi connectivity index (χ2v) is 10.6. The number of nitrogens with one attached hydrogen (secondary N) is 2. The fraction of sp³-hybridized carbons (Fsp3) is 0.333. The Morgan fingerprint density at radius 2 is 1.90 bits per heavy atom. The lowest BCUT2D eigenvalue weighted by molar-refractivity contribution is -0.149. The van der Waals surface area contributed by atoms with Crippen LogP contribution >= 0.6 is 11.3 Å². The maximum Gasteiger partial charge on any atom is 0.321 e. The molecule has 11 nitrogen and oxygen atoms in total. The molecule has 1 aromatic carbocycles. The van der Waals surface area contributed by atoms with Crippen molar-refractivity contribution in [3.8, 4) is 28.1 Å². The first-order valence-electron chi connectivity index (χ1n) is 12.6. The van der Waals surface area contributed by atoms with E-state index >= 15 is 0 Å². The third-order valence-corrected chi connectivity index (χ3v) is 7.95. The van der Waals surface area contributed by atoms with Gasteiger partial charge >= 0.3 is 12.0 Å². The molecule has 2 amide bonds. The minimum atomic E-state index is -0.763. The van der Waals surface area contributed by atoms with Gasteiger partial charge in [-0.1, -0.05) is 11.3 Å². The van der Waals surface area contributed by atoms with Crippen LogP contribution in [0.25, 0.3) is 32.6 Å². The number of thiazole rings is 1. The van der Waals surface area contributed by atoms with Crippen molar-refractivity contribution >= 4 is 44.6 Å². The van der Waals surface area contributed by atoms with Gasteiger partial charge in [-0.3, -0.25) is 15.1 Å². The van der Waals surface area contributed by atoms with E-state index in [1.54, 1.807) is 32.6 Å². The Hall–Kier alpha value is -4.32. The van der Waals surface area contributed by atoms with E-state index in [1.165, 1.54) is 11.3 Å². The van der Waals surface area contributed by atoms with Gasteiger partial charge in [0.15, 0.2) is 5.13 Å². The normalized spacial score (nSPS) is 14.7. The average molecular weight is 548 g/mol. The monoisotopic (exact) mass is 547 g/mol. The summed E-state index contributed by atoms with van der Waals surface area (Å²) in [6.45, 7) is 5.30. The van der Waals surface area contributed by atoms with Crippen LogP contribution in [0.3, 0.4) is 0 Å². The van der Waals surface area contributed by atoms with E-state index < -0.39 is 11.4 Å². The number of pyridine rings is 1. The average Bonchev–Trinajstić information content (AvgIpc) is 3.35. The predicted octanol–water partition coefficient (Wildman–Crippen LogP) is 4.66. The molecule has 0 saturated carbocycles. The largest absolute Gasteiger partial charge is 0.494 e. The zero-order chi connectivity index (χ0) is 27.6. The second-order valence-electron chi connectivity index (χ2n) is 9.55. The summed E-state index contributed by atoms with van der Waals surface area (Å²) in [5.41, 5.74) is 3.08. The van der Waals surface area contributed by atoms with Crippen molar-refractivity contribution in [2.24, 2.45) is 5.41 Å². The lowest BCUT2D eigenvalue weighted by Crippen LogP contribution is -2.43. The van der Waals surface area contributed by atoms with Crippen LogP contribution in [0.5, 0.6) is 5.75 Å². The van der Waals surface area contributed by atoms with Gasteiger partial charge in [0.1, 0.15) is 11.4 Å². The summed E-state index contributed by atoms with van der Waals surface area (Å²) < 4.78 is 6.44. The van der Waals surface area contributed by atoms with Gasteiger partial charge in [0.2, 0.25) is 5.95 Å². The molecule has 202 valence electrons. The van der Waals surface area contributed by atoms with E-state index in [4.69, 9.17) is 4.74 Å². The molecule has 0 unspecified atom stereocenters. The Morgan fingerprint density at radius 1 is 1.15 bits per heavy atom. The molecule has 1 saturated heterocycles. The molecule has 0 bridgehead atoms. The molecule has 5 rings (SSSR count). The quantitative estimate of drug-likeness (QED) is 0.301. The summed E-state index contributed by atoms with van der Waals surface area (Å²) in [5, 5.41) is 15.5. The number of nitrogens with zero attached hydrogens (tertiary/aromatic N) is 5. The number of carboxylic acid groups (broad SMARTS) is 1. The molecule has 12 heteroatoms. The summed E-state index contributed by atoms with van der Waals surface area (Å²) in [6.07, 6.45) is 6.30. The van der Waals surface area contributed by atoms with Gasteiger partial charge in [-0.15, -0.1) is 0 Å². The van der Waals surface area contributed by atoms with Gasteiger partial charge in [0.25, 0.3) is 0 Å². The van der Waals surface area contributed by atoms with Crippen LogP contribution in [0.2, 0.25) is 0 Å². The van der Waals surface area contributed by atoms with Gasteiger partial charge in [-0.05, 0) is 56.5 Å². The number of aliphatic carboxylic acids is 1. The number of amides is 2. The van der Waals surface area contributed by atoms with Crippen molar-refractivity contribution < 1.29 is 19.4 Å². The number of ether oxygens (including phenoxy) is 1. The van der Waals surface area contributed by atoms with Crippen molar-refractivity contribution in [3.05, 3.63) is 42.9 Å². The molecular weight excluding hydrogens is 518 g/mol. The number of anilines is 2. The standard InChI is InChI=1S/C27H29N7O4S/c1-4-28-25(37)33-26-32-19-13-16(12-18(22(19)39-26)21-20(38-3)6-5-9-29-21)17-14-30-24(31-15-17)34-10-7-27(2,8-11-34)23(35)36/h5-6,9,12-15H,4,7-8,10-11H2,1-3H3,(H,35,36)(H2,28,32,33,37). The fourth-order valence-electron chi connectivity index (χ4n) is 4.54. The molecule has 0 atom stereocenters. The topological polar surface area (TPSA) is 142 Å². The number of carbonyl (C=O) groups is 2. The second kappa shape index (κ2) is 10.8. The summed E-state index contributed by atoms with van der Waals surface area (Å²) >= 11 is 1.36. The molecular formula is C27H29N7O4S. The summed E-state index contributed by atoms with van der Waals surface area (Å²) in [7, 11) is 1.60. The number of hydrogen-bond donors (Lipinski definition) is 3. The third kappa shape index (κ3) is 5.32. The van der Waals surface area contributed by atoms with E-state index in [0.29, 0.717) is 60.5 Å². The Labute approximate surface area is 229 Å². The van der Waals surface area contributed by atoms with Crippen LogP contribution in [0.1, 0.15) is 26.7 Å². The Bertz CT molecular complexity index is 1510. The van der Waals surface area contributed by atoms with E-state index in [9.17, 15) is 14.7 Å². The molecule has 0 aliphatic carbocycles. The number of hydrogen-bond acceptors (Lipinski definition) is 9. The van der Waals surface area contributed by atoms with E-state index in [1.807, 2.05) is 36.1 Å². The smallest absolute Gasteiger partial charge is 0.321 e. The zero-order valence-corrected chi connectivity index (χ0v) is 22.7. The van der Waals surface area contributed by atoms with Crippen LogP contribution in [0.15, 0.2) is 42.9 Å². The lowest BCUT2D eigenvalue weighted by Gasteiger charge is -2.36. The number of benzene rings is 1. The molecule has 39 heavy (non-hydrogen) atoms. The number of aromatic nitrogens is 4. The van der Waals surface area contributed by atoms with Crippen molar-refractivity contribution in [1.82, 2.24) is 25.3 Å². The van der Waals surface area contributed by atoms with Crippen LogP contribution in [0, 0.1) is 5.41 Å². The van der Waals surface area contributed by atoms with Gasteiger partial charge in [-0.2, -0.15) is 0 Å².